The average molecular weight is 447 g/mol. The van der Waals surface area contributed by atoms with Crippen molar-refractivity contribution in [1.82, 2.24) is 14.8 Å². The van der Waals surface area contributed by atoms with Gasteiger partial charge in [0.05, 0.1) is 11.8 Å². The fourth-order valence-corrected chi connectivity index (χ4v) is 4.41. The molecule has 1 amide bonds. The third-order valence-electron chi connectivity index (χ3n) is 6.12. The van der Waals surface area contributed by atoms with Crippen molar-refractivity contribution in [3.05, 3.63) is 60.3 Å². The molecule has 7 nitrogen and oxygen atoms in total. The van der Waals surface area contributed by atoms with Gasteiger partial charge >= 0.3 is 0 Å². The standard InChI is InChI=1S/C25H27FN6O/c1-3-25(33)32(21-9-10-22(23(26)12-21)18-15-29-31(2)16-18)20-7-5-19(6-8-20)30-24-11-4-17(13-27)14-28-24/h4,9-12,14-16,19-20H,3,5-8H2,1-2H3,(H,28,30). The van der Waals surface area contributed by atoms with Gasteiger partial charge < -0.3 is 10.2 Å². The summed E-state index contributed by atoms with van der Waals surface area (Å²) < 4.78 is 16.6. The van der Waals surface area contributed by atoms with E-state index in [-0.39, 0.29) is 23.8 Å². The largest absolute Gasteiger partial charge is 0.367 e. The average Bonchev–Trinajstić information content (AvgIpc) is 3.26. The fraction of sp³-hybridized carbons (Fsp3) is 0.360. The minimum Gasteiger partial charge on any atom is -0.367 e. The highest BCUT2D eigenvalue weighted by Crippen LogP contribution is 2.32. The predicted molar refractivity (Wildman–Crippen MR) is 125 cm³/mol. The maximum atomic E-state index is 15.0. The van der Waals surface area contributed by atoms with Crippen LogP contribution in [0.5, 0.6) is 0 Å². The van der Waals surface area contributed by atoms with Crippen molar-refractivity contribution in [3.63, 3.8) is 0 Å². The summed E-state index contributed by atoms with van der Waals surface area (Å²) in [5.74, 6) is 0.373. The van der Waals surface area contributed by atoms with Gasteiger partial charge in [0, 0.05) is 54.8 Å². The number of anilines is 2. The summed E-state index contributed by atoms with van der Waals surface area (Å²) in [7, 11) is 1.79. The van der Waals surface area contributed by atoms with Crippen molar-refractivity contribution < 1.29 is 9.18 Å². The summed E-state index contributed by atoms with van der Waals surface area (Å²) >= 11 is 0. The number of nitrogens with one attached hydrogen (secondary N) is 1. The van der Waals surface area contributed by atoms with Crippen LogP contribution >= 0.6 is 0 Å². The molecule has 4 rings (SSSR count). The zero-order valence-electron chi connectivity index (χ0n) is 18.8. The minimum absolute atomic E-state index is 0.00584. The normalized spacial score (nSPS) is 17.9. The molecule has 1 fully saturated rings. The number of pyridine rings is 1. The Morgan fingerprint density at radius 1 is 1.24 bits per heavy atom. The van der Waals surface area contributed by atoms with Crippen LogP contribution in [-0.2, 0) is 11.8 Å². The summed E-state index contributed by atoms with van der Waals surface area (Å²) in [6, 6.07) is 10.9. The van der Waals surface area contributed by atoms with Crippen molar-refractivity contribution in [2.45, 2.75) is 51.1 Å². The number of benzene rings is 1. The second-order valence-electron chi connectivity index (χ2n) is 8.38. The van der Waals surface area contributed by atoms with Crippen LogP contribution < -0.4 is 10.2 Å². The van der Waals surface area contributed by atoms with E-state index in [1.165, 1.54) is 6.07 Å². The van der Waals surface area contributed by atoms with Crippen LogP contribution in [0.25, 0.3) is 11.1 Å². The first kappa shape index (κ1) is 22.5. The number of aromatic nitrogens is 3. The monoisotopic (exact) mass is 446 g/mol. The van der Waals surface area contributed by atoms with Gasteiger partial charge in [-0.25, -0.2) is 9.37 Å². The van der Waals surface area contributed by atoms with E-state index >= 15 is 0 Å². The lowest BCUT2D eigenvalue weighted by Gasteiger charge is -2.37. The number of carbonyl (C=O) groups excluding carboxylic acids is 1. The van der Waals surface area contributed by atoms with Gasteiger partial charge in [0.15, 0.2) is 0 Å². The molecule has 0 bridgehead atoms. The molecule has 1 aliphatic carbocycles. The number of halogens is 1. The van der Waals surface area contributed by atoms with Crippen LogP contribution in [0, 0.1) is 17.1 Å². The van der Waals surface area contributed by atoms with Crippen molar-refractivity contribution in [2.24, 2.45) is 7.05 Å². The number of nitriles is 1. The second-order valence-corrected chi connectivity index (χ2v) is 8.38. The Morgan fingerprint density at radius 3 is 2.61 bits per heavy atom. The predicted octanol–water partition coefficient (Wildman–Crippen LogP) is 4.66. The van der Waals surface area contributed by atoms with Gasteiger partial charge in [-0.05, 0) is 56.0 Å². The molecule has 3 aromatic rings. The van der Waals surface area contributed by atoms with Crippen LogP contribution in [0.1, 0.15) is 44.6 Å². The fourth-order valence-electron chi connectivity index (χ4n) is 4.41. The Hall–Kier alpha value is -3.73. The molecule has 0 saturated heterocycles. The lowest BCUT2D eigenvalue weighted by atomic mass is 9.89. The summed E-state index contributed by atoms with van der Waals surface area (Å²) in [5, 5.41) is 16.4. The molecule has 33 heavy (non-hydrogen) atoms. The Bertz CT molecular complexity index is 1160. The highest BCUT2D eigenvalue weighted by atomic mass is 19.1. The summed E-state index contributed by atoms with van der Waals surface area (Å²) in [6.07, 6.45) is 8.68. The van der Waals surface area contributed by atoms with Gasteiger partial charge in [0.2, 0.25) is 5.91 Å². The molecule has 0 radical (unpaired) electrons. The first-order valence-corrected chi connectivity index (χ1v) is 11.2. The highest BCUT2D eigenvalue weighted by Gasteiger charge is 2.30. The molecule has 170 valence electrons. The zero-order valence-corrected chi connectivity index (χ0v) is 18.8. The maximum Gasteiger partial charge on any atom is 0.226 e. The van der Waals surface area contributed by atoms with E-state index in [2.05, 4.69) is 21.5 Å². The van der Waals surface area contributed by atoms with Crippen LogP contribution in [0.2, 0.25) is 0 Å². The molecule has 2 aromatic heterocycles. The molecule has 0 atom stereocenters. The van der Waals surface area contributed by atoms with Gasteiger partial charge in [-0.3, -0.25) is 9.48 Å². The van der Waals surface area contributed by atoms with Gasteiger partial charge in [-0.15, -0.1) is 0 Å². The van der Waals surface area contributed by atoms with E-state index < -0.39 is 0 Å². The molecule has 0 spiro atoms. The Morgan fingerprint density at radius 2 is 2.03 bits per heavy atom. The van der Waals surface area contributed by atoms with E-state index in [0.717, 1.165) is 31.5 Å². The molecule has 0 aliphatic heterocycles. The van der Waals surface area contributed by atoms with Gasteiger partial charge in [0.25, 0.3) is 0 Å². The molecule has 1 N–H and O–H groups in total. The van der Waals surface area contributed by atoms with E-state index in [1.54, 1.807) is 47.4 Å². The summed E-state index contributed by atoms with van der Waals surface area (Å²) in [5.41, 5.74) is 2.30. The lowest BCUT2D eigenvalue weighted by Crippen LogP contribution is -2.44. The zero-order chi connectivity index (χ0) is 23.4. The molecule has 1 saturated carbocycles. The second kappa shape index (κ2) is 9.82. The topological polar surface area (TPSA) is 86.8 Å². The quantitative estimate of drug-likeness (QED) is 0.595. The van der Waals surface area contributed by atoms with Crippen molar-refractivity contribution >= 4 is 17.4 Å². The van der Waals surface area contributed by atoms with Crippen molar-refractivity contribution in [1.29, 1.82) is 5.26 Å². The maximum absolute atomic E-state index is 15.0. The SMILES string of the molecule is CCC(=O)N(c1ccc(-c2cnn(C)c2)c(F)c1)C1CCC(Nc2ccc(C#N)cn2)CC1. The first-order chi connectivity index (χ1) is 16.0. The number of amides is 1. The van der Waals surface area contributed by atoms with E-state index in [4.69, 9.17) is 5.26 Å². The Balaban J connectivity index is 1.46. The van der Waals surface area contributed by atoms with Crippen molar-refractivity contribution in [3.8, 4) is 17.2 Å². The number of hydrogen-bond donors (Lipinski definition) is 1. The van der Waals surface area contributed by atoms with Gasteiger partial charge in [0.1, 0.15) is 17.7 Å². The van der Waals surface area contributed by atoms with Crippen LogP contribution in [0.4, 0.5) is 15.9 Å². The molecule has 1 aromatic carbocycles. The van der Waals surface area contributed by atoms with Crippen molar-refractivity contribution in [2.75, 3.05) is 10.2 Å². The minimum atomic E-state index is -0.364. The number of aryl methyl sites for hydroxylation is 1. The molecule has 0 unspecified atom stereocenters. The van der Waals surface area contributed by atoms with Crippen LogP contribution in [0.15, 0.2) is 48.9 Å². The smallest absolute Gasteiger partial charge is 0.226 e. The van der Waals surface area contributed by atoms with Crippen LogP contribution in [0.3, 0.4) is 0 Å². The molecular weight excluding hydrogens is 419 g/mol. The Kier molecular flexibility index (Phi) is 6.68. The third-order valence-corrected chi connectivity index (χ3v) is 6.12. The summed E-state index contributed by atoms with van der Waals surface area (Å²) in [6.45, 7) is 1.83. The molecule has 2 heterocycles. The number of rotatable bonds is 6. The summed E-state index contributed by atoms with van der Waals surface area (Å²) in [4.78, 5) is 18.9. The molecule has 8 heteroatoms. The van der Waals surface area contributed by atoms with Crippen LogP contribution in [-0.4, -0.2) is 32.8 Å². The van der Waals surface area contributed by atoms with Gasteiger partial charge in [-0.1, -0.05) is 6.92 Å². The molecular formula is C25H27FN6O. The lowest BCUT2D eigenvalue weighted by molar-refractivity contribution is -0.118. The van der Waals surface area contributed by atoms with E-state index in [1.807, 2.05) is 19.1 Å². The number of hydrogen-bond acceptors (Lipinski definition) is 5. The van der Waals surface area contributed by atoms with Gasteiger partial charge in [-0.2, -0.15) is 10.4 Å². The first-order valence-electron chi connectivity index (χ1n) is 11.2. The third kappa shape index (κ3) is 5.03. The van der Waals surface area contributed by atoms with E-state index in [0.29, 0.717) is 28.8 Å². The number of carbonyl (C=O) groups is 1. The molecule has 1 aliphatic rings. The highest BCUT2D eigenvalue weighted by molar-refractivity contribution is 5.94. The van der Waals surface area contributed by atoms with E-state index in [9.17, 15) is 9.18 Å². The Labute approximate surface area is 192 Å². The number of nitrogens with zero attached hydrogens (tertiary/aromatic N) is 5.